The van der Waals surface area contributed by atoms with E-state index < -0.39 is 0 Å². The SMILES string of the molecule is COc1cccc(-c2cnc(C(=O)C(C)C)c(NC(=O)CNCc3ccncn3)c2)c1. The molecule has 2 heterocycles. The maximum atomic E-state index is 12.6. The minimum atomic E-state index is -0.281. The summed E-state index contributed by atoms with van der Waals surface area (Å²) in [5.74, 6) is 0.0407. The predicted molar refractivity (Wildman–Crippen MR) is 118 cm³/mol. The Morgan fingerprint density at radius 3 is 2.65 bits per heavy atom. The van der Waals surface area contributed by atoms with Gasteiger partial charge in [-0.3, -0.25) is 14.6 Å². The number of hydrogen-bond acceptors (Lipinski definition) is 7. The lowest BCUT2D eigenvalue weighted by Crippen LogP contribution is -2.29. The Morgan fingerprint density at radius 2 is 1.94 bits per heavy atom. The van der Waals surface area contributed by atoms with E-state index in [2.05, 4.69) is 25.6 Å². The van der Waals surface area contributed by atoms with Gasteiger partial charge in [0, 0.05) is 30.4 Å². The number of pyridine rings is 1. The smallest absolute Gasteiger partial charge is 0.238 e. The van der Waals surface area contributed by atoms with Crippen LogP contribution in [-0.2, 0) is 11.3 Å². The second-order valence-electron chi connectivity index (χ2n) is 7.22. The molecule has 0 aliphatic carbocycles. The van der Waals surface area contributed by atoms with Gasteiger partial charge in [0.2, 0.25) is 5.91 Å². The summed E-state index contributed by atoms with van der Waals surface area (Å²) in [4.78, 5) is 37.5. The van der Waals surface area contributed by atoms with E-state index >= 15 is 0 Å². The Labute approximate surface area is 181 Å². The van der Waals surface area contributed by atoms with Crippen molar-refractivity contribution in [2.24, 2.45) is 5.92 Å². The lowest BCUT2D eigenvalue weighted by atomic mass is 10.0. The average Bonchev–Trinajstić information content (AvgIpc) is 2.79. The number of amides is 1. The third-order valence-corrected chi connectivity index (χ3v) is 4.56. The quantitative estimate of drug-likeness (QED) is 0.513. The van der Waals surface area contributed by atoms with Crippen molar-refractivity contribution in [3.05, 3.63) is 66.5 Å². The van der Waals surface area contributed by atoms with Gasteiger partial charge in [0.25, 0.3) is 0 Å². The van der Waals surface area contributed by atoms with E-state index in [9.17, 15) is 9.59 Å². The van der Waals surface area contributed by atoms with Crippen LogP contribution in [-0.4, -0.2) is 40.3 Å². The van der Waals surface area contributed by atoms with Crippen molar-refractivity contribution in [1.29, 1.82) is 0 Å². The first-order valence-corrected chi connectivity index (χ1v) is 9.92. The van der Waals surface area contributed by atoms with Crippen molar-refractivity contribution in [2.45, 2.75) is 20.4 Å². The molecule has 0 aliphatic heterocycles. The van der Waals surface area contributed by atoms with Crippen molar-refractivity contribution in [1.82, 2.24) is 20.3 Å². The molecule has 0 aliphatic rings. The number of ether oxygens (including phenoxy) is 1. The van der Waals surface area contributed by atoms with Crippen LogP contribution in [0.1, 0.15) is 30.0 Å². The molecule has 8 nitrogen and oxygen atoms in total. The van der Waals surface area contributed by atoms with E-state index in [1.807, 2.05) is 24.3 Å². The fraction of sp³-hybridized carbons (Fsp3) is 0.261. The van der Waals surface area contributed by atoms with Gasteiger partial charge in [-0.15, -0.1) is 0 Å². The van der Waals surface area contributed by atoms with Gasteiger partial charge in [0.15, 0.2) is 5.78 Å². The molecular weight excluding hydrogens is 394 g/mol. The number of nitrogens with zero attached hydrogens (tertiary/aromatic N) is 3. The van der Waals surface area contributed by atoms with Crippen LogP contribution in [0.15, 0.2) is 55.1 Å². The number of methoxy groups -OCH3 is 1. The van der Waals surface area contributed by atoms with Crippen LogP contribution in [0.2, 0.25) is 0 Å². The first-order chi connectivity index (χ1) is 15.0. The van der Waals surface area contributed by atoms with Crippen molar-refractivity contribution >= 4 is 17.4 Å². The zero-order chi connectivity index (χ0) is 22.2. The van der Waals surface area contributed by atoms with Crippen LogP contribution in [0.25, 0.3) is 11.1 Å². The minimum Gasteiger partial charge on any atom is -0.497 e. The molecule has 3 aromatic rings. The van der Waals surface area contributed by atoms with Crippen molar-refractivity contribution in [3.8, 4) is 16.9 Å². The number of benzene rings is 1. The summed E-state index contributed by atoms with van der Waals surface area (Å²) >= 11 is 0. The summed E-state index contributed by atoms with van der Waals surface area (Å²) in [7, 11) is 1.60. The number of hydrogen-bond donors (Lipinski definition) is 2. The molecule has 1 amide bonds. The first-order valence-electron chi connectivity index (χ1n) is 9.92. The molecule has 3 rings (SSSR count). The third kappa shape index (κ3) is 5.93. The molecule has 0 spiro atoms. The molecule has 31 heavy (non-hydrogen) atoms. The Balaban J connectivity index is 1.79. The van der Waals surface area contributed by atoms with E-state index in [1.54, 1.807) is 45.5 Å². The maximum absolute atomic E-state index is 12.6. The number of Topliss-reactive ketones (excluding diaryl/α,β-unsaturated/α-hetero) is 1. The number of anilines is 1. The molecule has 0 saturated carbocycles. The summed E-state index contributed by atoms with van der Waals surface area (Å²) in [5.41, 5.74) is 3.04. The second kappa shape index (κ2) is 10.4. The Morgan fingerprint density at radius 1 is 1.10 bits per heavy atom. The van der Waals surface area contributed by atoms with Crippen LogP contribution in [0.5, 0.6) is 5.75 Å². The van der Waals surface area contributed by atoms with Crippen molar-refractivity contribution in [3.63, 3.8) is 0 Å². The molecule has 2 N–H and O–H groups in total. The fourth-order valence-corrected chi connectivity index (χ4v) is 2.91. The van der Waals surface area contributed by atoms with Gasteiger partial charge in [0.1, 0.15) is 17.8 Å². The van der Waals surface area contributed by atoms with Gasteiger partial charge in [-0.1, -0.05) is 26.0 Å². The van der Waals surface area contributed by atoms with Gasteiger partial charge >= 0.3 is 0 Å². The van der Waals surface area contributed by atoms with Gasteiger partial charge in [0.05, 0.1) is 25.0 Å². The molecule has 8 heteroatoms. The fourth-order valence-electron chi connectivity index (χ4n) is 2.91. The highest BCUT2D eigenvalue weighted by atomic mass is 16.5. The predicted octanol–water partition coefficient (Wildman–Crippen LogP) is 3.11. The van der Waals surface area contributed by atoms with Crippen molar-refractivity contribution < 1.29 is 14.3 Å². The lowest BCUT2D eigenvalue weighted by molar-refractivity contribution is -0.115. The topological polar surface area (TPSA) is 106 Å². The van der Waals surface area contributed by atoms with E-state index in [4.69, 9.17) is 4.74 Å². The molecule has 2 aromatic heterocycles. The van der Waals surface area contributed by atoms with Crippen LogP contribution >= 0.6 is 0 Å². The zero-order valence-electron chi connectivity index (χ0n) is 17.8. The summed E-state index contributed by atoms with van der Waals surface area (Å²) in [6.45, 7) is 4.09. The van der Waals surface area contributed by atoms with Crippen LogP contribution < -0.4 is 15.4 Å². The Bertz CT molecular complexity index is 1050. The van der Waals surface area contributed by atoms with E-state index in [0.29, 0.717) is 18.0 Å². The summed E-state index contributed by atoms with van der Waals surface area (Å²) in [5, 5.41) is 5.85. The molecule has 0 fully saturated rings. The molecule has 0 bridgehead atoms. The van der Waals surface area contributed by atoms with E-state index in [-0.39, 0.29) is 29.8 Å². The summed E-state index contributed by atoms with van der Waals surface area (Å²) in [6.07, 6.45) is 4.73. The van der Waals surface area contributed by atoms with Gasteiger partial charge < -0.3 is 15.4 Å². The number of aromatic nitrogens is 3. The lowest BCUT2D eigenvalue weighted by Gasteiger charge is -2.14. The molecule has 0 saturated heterocycles. The second-order valence-corrected chi connectivity index (χ2v) is 7.22. The number of ketones is 1. The van der Waals surface area contributed by atoms with Crippen LogP contribution in [0.4, 0.5) is 5.69 Å². The highest BCUT2D eigenvalue weighted by Crippen LogP contribution is 2.28. The molecule has 160 valence electrons. The number of carbonyl (C=O) groups is 2. The minimum absolute atomic E-state index is 0.0582. The van der Waals surface area contributed by atoms with Crippen molar-refractivity contribution in [2.75, 3.05) is 19.0 Å². The van der Waals surface area contributed by atoms with Gasteiger partial charge in [-0.25, -0.2) is 9.97 Å². The van der Waals surface area contributed by atoms with Gasteiger partial charge in [-0.2, -0.15) is 0 Å². The monoisotopic (exact) mass is 419 g/mol. The molecular formula is C23H25N5O3. The summed E-state index contributed by atoms with van der Waals surface area (Å²) < 4.78 is 5.28. The molecule has 0 radical (unpaired) electrons. The van der Waals surface area contributed by atoms with E-state index in [1.165, 1.54) is 6.33 Å². The molecule has 1 aromatic carbocycles. The average molecular weight is 419 g/mol. The largest absolute Gasteiger partial charge is 0.497 e. The Kier molecular flexibility index (Phi) is 7.40. The standard InChI is InChI=1S/C23H25N5O3/c1-15(2)23(30)22-20(28-21(29)13-25-12-18-7-8-24-14-27-18)10-17(11-26-22)16-5-4-6-19(9-16)31-3/h4-11,14-15,25H,12-13H2,1-3H3,(H,28,29). The Hall–Kier alpha value is -3.65. The number of rotatable bonds is 9. The highest BCUT2D eigenvalue weighted by molar-refractivity contribution is 6.05. The number of nitrogens with one attached hydrogen (secondary N) is 2. The molecule has 0 unspecified atom stereocenters. The van der Waals surface area contributed by atoms with Crippen LogP contribution in [0.3, 0.4) is 0 Å². The highest BCUT2D eigenvalue weighted by Gasteiger charge is 2.19. The normalized spacial score (nSPS) is 10.7. The van der Waals surface area contributed by atoms with Crippen LogP contribution in [0, 0.1) is 5.92 Å². The van der Waals surface area contributed by atoms with E-state index in [0.717, 1.165) is 16.8 Å². The molecule has 0 atom stereocenters. The third-order valence-electron chi connectivity index (χ3n) is 4.56. The zero-order valence-corrected chi connectivity index (χ0v) is 17.8. The maximum Gasteiger partial charge on any atom is 0.238 e. The number of carbonyl (C=O) groups excluding carboxylic acids is 2. The van der Waals surface area contributed by atoms with Gasteiger partial charge in [-0.05, 0) is 29.8 Å². The first kappa shape index (κ1) is 22.0. The summed E-state index contributed by atoms with van der Waals surface area (Å²) in [6, 6.07) is 11.0.